The number of halogens is 3. The fourth-order valence-electron chi connectivity index (χ4n) is 4.11. The summed E-state index contributed by atoms with van der Waals surface area (Å²) in [5.41, 5.74) is 2.29. The van der Waals surface area contributed by atoms with Crippen LogP contribution in [0.25, 0.3) is 28.1 Å². The highest BCUT2D eigenvalue weighted by Crippen LogP contribution is 2.35. The highest BCUT2D eigenvalue weighted by atomic mass is 19.4. The molecule has 0 bridgehead atoms. The van der Waals surface area contributed by atoms with Crippen molar-refractivity contribution >= 4 is 11.0 Å². The lowest BCUT2D eigenvalue weighted by Gasteiger charge is -2.14. The third-order valence-corrected chi connectivity index (χ3v) is 5.95. The van der Waals surface area contributed by atoms with Gasteiger partial charge in [-0.25, -0.2) is 14.6 Å². The molecule has 3 aromatic carbocycles. The first kappa shape index (κ1) is 22.6. The molecule has 9 heteroatoms. The van der Waals surface area contributed by atoms with E-state index >= 15 is 0 Å². The van der Waals surface area contributed by atoms with Crippen molar-refractivity contribution in [2.75, 3.05) is 7.11 Å². The van der Waals surface area contributed by atoms with E-state index in [1.165, 1.54) is 16.8 Å². The van der Waals surface area contributed by atoms with Gasteiger partial charge in [0.15, 0.2) is 11.6 Å². The number of ether oxygens (including phenoxy) is 1. The lowest BCUT2D eigenvalue weighted by Crippen LogP contribution is -2.12. The number of imidazole rings is 1. The Morgan fingerprint density at radius 2 is 1.74 bits per heavy atom. The topological polar surface area (TPSA) is 57.8 Å². The summed E-state index contributed by atoms with van der Waals surface area (Å²) in [5.74, 6) is 2.22. The summed E-state index contributed by atoms with van der Waals surface area (Å²) >= 11 is 0. The monoisotopic (exact) mass is 477 g/mol. The van der Waals surface area contributed by atoms with Gasteiger partial charge in [0.25, 0.3) is 0 Å². The molecule has 0 saturated heterocycles. The maximum absolute atomic E-state index is 13.9. The number of fused-ring (bicyclic) bond motifs is 1. The number of para-hydroxylation sites is 1. The van der Waals surface area contributed by atoms with E-state index < -0.39 is 11.7 Å². The number of hydrogen-bond acceptors (Lipinski definition) is 4. The van der Waals surface area contributed by atoms with Crippen molar-refractivity contribution in [1.29, 1.82) is 0 Å². The molecule has 0 fully saturated rings. The van der Waals surface area contributed by atoms with Gasteiger partial charge in [0, 0.05) is 19.0 Å². The molecular weight excluding hydrogens is 455 g/mol. The van der Waals surface area contributed by atoms with Crippen LogP contribution < -0.4 is 4.74 Å². The van der Waals surface area contributed by atoms with Crippen LogP contribution in [0.15, 0.2) is 66.7 Å². The second-order valence-corrected chi connectivity index (χ2v) is 8.23. The molecule has 0 atom stereocenters. The number of alkyl halides is 3. The zero-order valence-corrected chi connectivity index (χ0v) is 19.3. The summed E-state index contributed by atoms with van der Waals surface area (Å²) in [6.45, 7) is 1.90. The molecule has 2 heterocycles. The van der Waals surface area contributed by atoms with E-state index in [0.717, 1.165) is 28.5 Å². The SMILES string of the molecule is COc1cccc(Cc2nc(-c3ccc4c(c3)nc(C)n4C)n(-c3ccccc3C(F)(F)F)n2)c1. The molecule has 5 aromatic rings. The number of aromatic nitrogens is 5. The number of benzene rings is 3. The minimum Gasteiger partial charge on any atom is -0.497 e. The summed E-state index contributed by atoms with van der Waals surface area (Å²) in [7, 11) is 3.49. The van der Waals surface area contributed by atoms with Gasteiger partial charge >= 0.3 is 6.18 Å². The van der Waals surface area contributed by atoms with Gasteiger partial charge in [-0.3, -0.25) is 0 Å². The van der Waals surface area contributed by atoms with Crippen molar-refractivity contribution in [2.24, 2.45) is 7.05 Å². The van der Waals surface area contributed by atoms with Crippen molar-refractivity contribution in [3.05, 3.63) is 89.5 Å². The number of rotatable bonds is 5. The van der Waals surface area contributed by atoms with Crippen LogP contribution in [0.1, 0.15) is 22.8 Å². The molecule has 35 heavy (non-hydrogen) atoms. The van der Waals surface area contributed by atoms with Crippen molar-refractivity contribution in [3.63, 3.8) is 0 Å². The molecule has 0 aliphatic rings. The fraction of sp³-hybridized carbons (Fsp3) is 0.192. The molecule has 0 amide bonds. The Morgan fingerprint density at radius 3 is 2.51 bits per heavy atom. The minimum absolute atomic E-state index is 0.0864. The molecule has 0 radical (unpaired) electrons. The molecule has 0 aliphatic heterocycles. The first-order chi connectivity index (χ1) is 16.7. The van der Waals surface area contributed by atoms with E-state index in [-0.39, 0.29) is 5.69 Å². The maximum Gasteiger partial charge on any atom is 0.418 e. The van der Waals surface area contributed by atoms with Gasteiger partial charge in [-0.2, -0.15) is 18.3 Å². The zero-order valence-electron chi connectivity index (χ0n) is 19.3. The Bertz CT molecular complexity index is 1530. The van der Waals surface area contributed by atoms with Gasteiger partial charge in [0.05, 0.1) is 29.4 Å². The maximum atomic E-state index is 13.9. The van der Waals surface area contributed by atoms with E-state index in [0.29, 0.717) is 29.4 Å². The molecular formula is C26H22F3N5O. The molecule has 0 saturated carbocycles. The fourth-order valence-corrected chi connectivity index (χ4v) is 4.11. The highest BCUT2D eigenvalue weighted by Gasteiger charge is 2.34. The second-order valence-electron chi connectivity index (χ2n) is 8.23. The molecule has 178 valence electrons. The van der Waals surface area contributed by atoms with Gasteiger partial charge in [0.2, 0.25) is 0 Å². The van der Waals surface area contributed by atoms with Crippen LogP contribution in [0.2, 0.25) is 0 Å². The van der Waals surface area contributed by atoms with Gasteiger partial charge in [0.1, 0.15) is 11.6 Å². The van der Waals surface area contributed by atoms with E-state index in [1.807, 2.05) is 61.0 Å². The van der Waals surface area contributed by atoms with Crippen LogP contribution in [-0.2, 0) is 19.6 Å². The summed E-state index contributed by atoms with van der Waals surface area (Å²) in [6, 6.07) is 18.3. The van der Waals surface area contributed by atoms with Crippen LogP contribution in [0.3, 0.4) is 0 Å². The van der Waals surface area contributed by atoms with Gasteiger partial charge in [-0.05, 0) is 55.0 Å². The van der Waals surface area contributed by atoms with E-state index in [4.69, 9.17) is 4.74 Å². The van der Waals surface area contributed by atoms with Crippen LogP contribution in [-0.4, -0.2) is 31.4 Å². The summed E-state index contributed by atoms with van der Waals surface area (Å²) in [4.78, 5) is 9.24. The molecule has 0 spiro atoms. The second kappa shape index (κ2) is 8.57. The van der Waals surface area contributed by atoms with Gasteiger partial charge in [-0.15, -0.1) is 0 Å². The Balaban J connectivity index is 1.68. The standard InChI is InChI=1S/C26H22F3N5O/c1-16-30-21-15-18(11-12-23(21)33(16)2)25-31-24(14-17-7-6-8-19(13-17)35-3)32-34(25)22-10-5-4-9-20(22)26(27,28)29/h4-13,15H,14H2,1-3H3. The normalized spacial score (nSPS) is 11.8. The highest BCUT2D eigenvalue weighted by molar-refractivity contribution is 5.81. The van der Waals surface area contributed by atoms with Crippen molar-refractivity contribution in [3.8, 4) is 22.8 Å². The average molecular weight is 477 g/mol. The number of methoxy groups -OCH3 is 1. The molecule has 2 aromatic heterocycles. The zero-order chi connectivity index (χ0) is 24.7. The Morgan fingerprint density at radius 1 is 0.943 bits per heavy atom. The summed E-state index contributed by atoms with van der Waals surface area (Å²) in [5, 5.41) is 4.52. The van der Waals surface area contributed by atoms with Crippen molar-refractivity contribution in [2.45, 2.75) is 19.5 Å². The lowest BCUT2D eigenvalue weighted by atomic mass is 10.1. The number of nitrogens with zero attached hydrogens (tertiary/aromatic N) is 5. The summed E-state index contributed by atoms with van der Waals surface area (Å²) < 4.78 is 50.1. The van der Waals surface area contributed by atoms with Gasteiger partial charge < -0.3 is 9.30 Å². The van der Waals surface area contributed by atoms with Crippen LogP contribution in [0.4, 0.5) is 13.2 Å². The van der Waals surface area contributed by atoms with E-state index in [2.05, 4.69) is 15.1 Å². The van der Waals surface area contributed by atoms with Crippen LogP contribution >= 0.6 is 0 Å². The Kier molecular flexibility index (Phi) is 5.55. The quantitative estimate of drug-likeness (QED) is 0.324. The molecule has 0 N–H and O–H groups in total. The third kappa shape index (κ3) is 4.25. The molecule has 5 rings (SSSR count). The Labute approximate surface area is 199 Å². The number of hydrogen-bond donors (Lipinski definition) is 0. The predicted molar refractivity (Wildman–Crippen MR) is 127 cm³/mol. The molecule has 0 unspecified atom stereocenters. The van der Waals surface area contributed by atoms with Gasteiger partial charge in [-0.1, -0.05) is 24.3 Å². The first-order valence-corrected chi connectivity index (χ1v) is 10.9. The predicted octanol–water partition coefficient (Wildman–Crippen LogP) is 5.75. The smallest absolute Gasteiger partial charge is 0.418 e. The molecule has 6 nitrogen and oxygen atoms in total. The van der Waals surface area contributed by atoms with E-state index in [1.54, 1.807) is 13.2 Å². The third-order valence-electron chi connectivity index (χ3n) is 5.95. The summed E-state index contributed by atoms with van der Waals surface area (Å²) in [6.07, 6.45) is -4.22. The van der Waals surface area contributed by atoms with Crippen LogP contribution in [0, 0.1) is 6.92 Å². The van der Waals surface area contributed by atoms with E-state index in [9.17, 15) is 13.2 Å². The average Bonchev–Trinajstić information content (AvgIpc) is 3.38. The Hall–Kier alpha value is -4.14. The van der Waals surface area contributed by atoms with Crippen molar-refractivity contribution in [1.82, 2.24) is 24.3 Å². The minimum atomic E-state index is -4.55. The lowest BCUT2D eigenvalue weighted by molar-refractivity contribution is -0.137. The molecule has 0 aliphatic carbocycles. The van der Waals surface area contributed by atoms with Crippen molar-refractivity contribution < 1.29 is 17.9 Å². The largest absolute Gasteiger partial charge is 0.497 e. The van der Waals surface area contributed by atoms with Crippen LogP contribution in [0.5, 0.6) is 5.75 Å². The number of aryl methyl sites for hydroxylation is 2. The first-order valence-electron chi connectivity index (χ1n) is 10.9.